The highest BCUT2D eigenvalue weighted by molar-refractivity contribution is 7.15. The number of anilines is 1. The average Bonchev–Trinajstić information content (AvgIpc) is 3.04. The number of hydrogen-bond acceptors (Lipinski definition) is 5. The molecule has 2 rings (SSSR count). The first kappa shape index (κ1) is 14.8. The number of nitrogens with two attached hydrogens (primary N) is 1. The molecule has 1 saturated heterocycles. The topological polar surface area (TPSA) is 51.4 Å². The molecular formula is C14H25N3OS. The maximum absolute atomic E-state index is 5.86. The van der Waals surface area contributed by atoms with E-state index in [1.54, 1.807) is 18.4 Å². The Morgan fingerprint density at radius 3 is 3.00 bits per heavy atom. The molecule has 4 nitrogen and oxygen atoms in total. The molecule has 0 aliphatic carbocycles. The van der Waals surface area contributed by atoms with Crippen LogP contribution in [0.2, 0.25) is 0 Å². The zero-order valence-electron chi connectivity index (χ0n) is 12.2. The lowest BCUT2D eigenvalue weighted by atomic mass is 10.0. The van der Waals surface area contributed by atoms with Crippen LogP contribution >= 0.6 is 11.3 Å². The van der Waals surface area contributed by atoms with Crippen LogP contribution in [0.15, 0.2) is 0 Å². The van der Waals surface area contributed by atoms with Crippen LogP contribution in [-0.2, 0) is 11.3 Å². The molecule has 0 radical (unpaired) electrons. The minimum absolute atomic E-state index is 0.501. The largest absolute Gasteiger partial charge is 0.384 e. The lowest BCUT2D eigenvalue weighted by molar-refractivity contribution is 0.161. The van der Waals surface area contributed by atoms with Gasteiger partial charge in [0.15, 0.2) is 5.13 Å². The SMILES string of the molecule is CCC(C)c1nc(N2CCC(COC)C2)sc1CN. The van der Waals surface area contributed by atoms with E-state index in [2.05, 4.69) is 18.7 Å². The third kappa shape index (κ3) is 3.27. The van der Waals surface area contributed by atoms with Crippen LogP contribution in [0.25, 0.3) is 0 Å². The number of rotatable bonds is 6. The van der Waals surface area contributed by atoms with E-state index < -0.39 is 0 Å². The molecule has 5 heteroatoms. The number of thiazole rings is 1. The van der Waals surface area contributed by atoms with Gasteiger partial charge in [-0.05, 0) is 18.8 Å². The molecule has 0 spiro atoms. The standard InChI is InChI=1S/C14H25N3OS/c1-4-10(2)13-12(7-15)19-14(16-13)17-6-5-11(8-17)9-18-3/h10-11H,4-9,15H2,1-3H3. The van der Waals surface area contributed by atoms with E-state index in [0.29, 0.717) is 18.4 Å². The van der Waals surface area contributed by atoms with Crippen molar-refractivity contribution >= 4 is 16.5 Å². The molecule has 1 aromatic rings. The Morgan fingerprint density at radius 1 is 1.58 bits per heavy atom. The van der Waals surface area contributed by atoms with Gasteiger partial charge in [0, 0.05) is 37.5 Å². The van der Waals surface area contributed by atoms with Crippen LogP contribution < -0.4 is 10.6 Å². The van der Waals surface area contributed by atoms with Gasteiger partial charge in [-0.25, -0.2) is 4.98 Å². The van der Waals surface area contributed by atoms with Gasteiger partial charge in [-0.1, -0.05) is 13.8 Å². The van der Waals surface area contributed by atoms with E-state index >= 15 is 0 Å². The van der Waals surface area contributed by atoms with E-state index in [4.69, 9.17) is 15.5 Å². The highest BCUT2D eigenvalue weighted by Crippen LogP contribution is 2.34. The maximum Gasteiger partial charge on any atom is 0.185 e. The van der Waals surface area contributed by atoms with Crippen molar-refractivity contribution in [3.63, 3.8) is 0 Å². The summed E-state index contributed by atoms with van der Waals surface area (Å²) in [5, 5.41) is 1.15. The number of aromatic nitrogens is 1. The predicted molar refractivity (Wildman–Crippen MR) is 80.9 cm³/mol. The third-order valence-electron chi connectivity index (χ3n) is 3.94. The summed E-state index contributed by atoms with van der Waals surface area (Å²) >= 11 is 1.77. The summed E-state index contributed by atoms with van der Waals surface area (Å²) < 4.78 is 5.25. The van der Waals surface area contributed by atoms with Gasteiger partial charge in [0.2, 0.25) is 0 Å². The summed E-state index contributed by atoms with van der Waals surface area (Å²) in [6.45, 7) is 8.04. The molecule has 1 aromatic heterocycles. The molecule has 19 heavy (non-hydrogen) atoms. The Bertz CT molecular complexity index is 407. The van der Waals surface area contributed by atoms with Gasteiger partial charge in [-0.3, -0.25) is 0 Å². The molecule has 1 aliphatic rings. The lowest BCUT2D eigenvalue weighted by Gasteiger charge is -2.14. The molecule has 0 aromatic carbocycles. The number of nitrogens with zero attached hydrogens (tertiary/aromatic N) is 2. The molecular weight excluding hydrogens is 258 g/mol. The summed E-state index contributed by atoms with van der Waals surface area (Å²) in [6.07, 6.45) is 2.31. The minimum Gasteiger partial charge on any atom is -0.384 e. The average molecular weight is 283 g/mol. The molecule has 1 fully saturated rings. The van der Waals surface area contributed by atoms with Crippen LogP contribution in [0.1, 0.15) is 43.2 Å². The fourth-order valence-corrected chi connectivity index (χ4v) is 3.68. The van der Waals surface area contributed by atoms with Crippen molar-refractivity contribution in [3.8, 4) is 0 Å². The minimum atomic E-state index is 0.501. The second-order valence-corrected chi connectivity index (χ2v) is 6.44. The van der Waals surface area contributed by atoms with Gasteiger partial charge in [0.1, 0.15) is 0 Å². The Hall–Kier alpha value is -0.650. The third-order valence-corrected chi connectivity index (χ3v) is 5.09. The van der Waals surface area contributed by atoms with Gasteiger partial charge in [0.25, 0.3) is 0 Å². The zero-order valence-corrected chi connectivity index (χ0v) is 13.0. The highest BCUT2D eigenvalue weighted by atomic mass is 32.1. The first-order chi connectivity index (χ1) is 9.19. The smallest absolute Gasteiger partial charge is 0.185 e. The Balaban J connectivity index is 2.11. The van der Waals surface area contributed by atoms with Gasteiger partial charge < -0.3 is 15.4 Å². The second kappa shape index (κ2) is 6.68. The van der Waals surface area contributed by atoms with Crippen molar-refractivity contribution in [1.82, 2.24) is 4.98 Å². The van der Waals surface area contributed by atoms with Crippen molar-refractivity contribution in [2.75, 3.05) is 31.7 Å². The normalized spacial score (nSPS) is 21.1. The van der Waals surface area contributed by atoms with E-state index in [9.17, 15) is 0 Å². The molecule has 108 valence electrons. The first-order valence-corrected chi connectivity index (χ1v) is 7.94. The fourth-order valence-electron chi connectivity index (χ4n) is 2.59. The van der Waals surface area contributed by atoms with Crippen molar-refractivity contribution < 1.29 is 4.74 Å². The number of ether oxygens (including phenoxy) is 1. The molecule has 1 aliphatic heterocycles. The predicted octanol–water partition coefficient (Wildman–Crippen LogP) is 2.59. The van der Waals surface area contributed by atoms with Gasteiger partial charge in [-0.15, -0.1) is 11.3 Å². The van der Waals surface area contributed by atoms with Gasteiger partial charge >= 0.3 is 0 Å². The molecule has 2 atom stereocenters. The van der Waals surface area contributed by atoms with Crippen molar-refractivity contribution in [2.45, 2.75) is 39.2 Å². The lowest BCUT2D eigenvalue weighted by Crippen LogP contribution is -2.20. The quantitative estimate of drug-likeness (QED) is 0.872. The monoisotopic (exact) mass is 283 g/mol. The molecule has 2 N–H and O–H groups in total. The zero-order chi connectivity index (χ0) is 13.8. The number of hydrogen-bond donors (Lipinski definition) is 1. The number of methoxy groups -OCH3 is 1. The fraction of sp³-hybridized carbons (Fsp3) is 0.786. The van der Waals surface area contributed by atoms with Crippen LogP contribution in [0.4, 0.5) is 5.13 Å². The summed E-state index contributed by atoms with van der Waals surface area (Å²) in [7, 11) is 1.78. The van der Waals surface area contributed by atoms with Gasteiger partial charge in [-0.2, -0.15) is 0 Å². The second-order valence-electron chi connectivity index (χ2n) is 5.37. The van der Waals surface area contributed by atoms with E-state index in [1.165, 1.54) is 17.0 Å². The van der Waals surface area contributed by atoms with Gasteiger partial charge in [0.05, 0.1) is 12.3 Å². The molecule has 2 unspecified atom stereocenters. The summed E-state index contributed by atoms with van der Waals surface area (Å²) in [5.41, 5.74) is 7.07. The van der Waals surface area contributed by atoms with Crippen LogP contribution in [-0.4, -0.2) is 31.8 Å². The highest BCUT2D eigenvalue weighted by Gasteiger charge is 2.26. The molecule has 0 saturated carbocycles. The molecule has 0 bridgehead atoms. The van der Waals surface area contributed by atoms with Crippen molar-refractivity contribution in [3.05, 3.63) is 10.6 Å². The Labute approximate surface area is 120 Å². The van der Waals surface area contributed by atoms with Crippen LogP contribution in [0.3, 0.4) is 0 Å². The summed E-state index contributed by atoms with van der Waals surface area (Å²) in [5.74, 6) is 1.14. The molecule has 2 heterocycles. The Morgan fingerprint density at radius 2 is 2.37 bits per heavy atom. The van der Waals surface area contributed by atoms with Crippen LogP contribution in [0.5, 0.6) is 0 Å². The Kier molecular flexibility index (Phi) is 5.19. The molecule has 0 amide bonds. The summed E-state index contributed by atoms with van der Waals surface area (Å²) in [4.78, 5) is 8.49. The van der Waals surface area contributed by atoms with E-state index in [-0.39, 0.29) is 0 Å². The van der Waals surface area contributed by atoms with Crippen molar-refractivity contribution in [1.29, 1.82) is 0 Å². The maximum atomic E-state index is 5.86. The van der Waals surface area contributed by atoms with E-state index in [0.717, 1.165) is 31.2 Å². The van der Waals surface area contributed by atoms with Crippen molar-refractivity contribution in [2.24, 2.45) is 11.7 Å². The van der Waals surface area contributed by atoms with E-state index in [1.807, 2.05) is 0 Å². The first-order valence-electron chi connectivity index (χ1n) is 7.13. The summed E-state index contributed by atoms with van der Waals surface area (Å²) in [6, 6.07) is 0. The van der Waals surface area contributed by atoms with Crippen LogP contribution in [0, 0.1) is 5.92 Å².